The van der Waals surface area contributed by atoms with Crippen molar-refractivity contribution in [1.82, 2.24) is 25.6 Å². The van der Waals surface area contributed by atoms with Gasteiger partial charge in [-0.2, -0.15) is 5.21 Å². The summed E-state index contributed by atoms with van der Waals surface area (Å²) in [7, 11) is 0. The van der Waals surface area contributed by atoms with E-state index in [4.69, 9.17) is 11.6 Å². The molecule has 2 N–H and O–H groups in total. The number of anilines is 1. The number of hydrogen-bond donors (Lipinski definition) is 2. The Balaban J connectivity index is 2.19. The van der Waals surface area contributed by atoms with Crippen molar-refractivity contribution in [3.63, 3.8) is 0 Å². The molecule has 1 amide bonds. The van der Waals surface area contributed by atoms with Crippen LogP contribution in [0.15, 0.2) is 18.3 Å². The summed E-state index contributed by atoms with van der Waals surface area (Å²) < 4.78 is 0. The number of hydrogen-bond acceptors (Lipinski definition) is 5. The third-order valence-corrected chi connectivity index (χ3v) is 1.88. The largest absolute Gasteiger partial charge is 0.288 e. The Bertz CT molecular complexity index is 470. The van der Waals surface area contributed by atoms with E-state index in [1.165, 1.54) is 6.20 Å². The molecule has 8 heteroatoms. The van der Waals surface area contributed by atoms with E-state index in [1.807, 2.05) is 0 Å². The van der Waals surface area contributed by atoms with Crippen LogP contribution in [0.5, 0.6) is 0 Å². The molecule has 0 spiro atoms. The van der Waals surface area contributed by atoms with E-state index in [0.29, 0.717) is 0 Å². The Morgan fingerprint density at radius 1 is 1.53 bits per heavy atom. The second-order valence-electron chi connectivity index (χ2n) is 2.53. The molecule has 2 aromatic heterocycles. The van der Waals surface area contributed by atoms with Gasteiger partial charge in [0, 0.05) is 6.20 Å². The maximum atomic E-state index is 11.6. The molecular weight excluding hydrogens is 220 g/mol. The van der Waals surface area contributed by atoms with Crippen molar-refractivity contribution in [2.45, 2.75) is 0 Å². The first kappa shape index (κ1) is 9.53. The third-order valence-electron chi connectivity index (χ3n) is 1.57. The van der Waals surface area contributed by atoms with Gasteiger partial charge in [-0.1, -0.05) is 16.7 Å². The quantitative estimate of drug-likeness (QED) is 0.724. The Hall–Kier alpha value is -2.02. The van der Waals surface area contributed by atoms with E-state index in [-0.39, 0.29) is 16.7 Å². The summed E-state index contributed by atoms with van der Waals surface area (Å²) in [6, 6.07) is 3.15. The number of carbonyl (C=O) groups is 1. The smallest absolute Gasteiger partial charge is 0.270 e. The Kier molecular flexibility index (Phi) is 2.55. The maximum Gasteiger partial charge on any atom is 0.270 e. The lowest BCUT2D eigenvalue weighted by atomic mass is 10.3. The lowest BCUT2D eigenvalue weighted by Gasteiger charge is -2.00. The minimum atomic E-state index is -0.436. The Morgan fingerprint density at radius 3 is 3.07 bits per heavy atom. The van der Waals surface area contributed by atoms with Crippen LogP contribution in [0.1, 0.15) is 10.4 Å². The molecule has 0 aliphatic rings. The van der Waals surface area contributed by atoms with E-state index in [2.05, 4.69) is 30.9 Å². The number of halogens is 1. The highest BCUT2D eigenvalue weighted by Gasteiger charge is 2.12. The highest BCUT2D eigenvalue weighted by Crippen LogP contribution is 2.12. The van der Waals surface area contributed by atoms with Gasteiger partial charge >= 0.3 is 0 Å². The average Bonchev–Trinajstić information content (AvgIpc) is 2.71. The number of carbonyl (C=O) groups excluding carboxylic acids is 1. The van der Waals surface area contributed by atoms with Crippen LogP contribution in [0.2, 0.25) is 5.15 Å². The lowest BCUT2D eigenvalue weighted by Crippen LogP contribution is -2.13. The van der Waals surface area contributed by atoms with Gasteiger partial charge in [0.25, 0.3) is 11.9 Å². The zero-order valence-electron chi connectivity index (χ0n) is 7.31. The van der Waals surface area contributed by atoms with Gasteiger partial charge in [0.15, 0.2) is 0 Å². The number of aromatic nitrogens is 5. The van der Waals surface area contributed by atoms with Crippen LogP contribution >= 0.6 is 11.6 Å². The minimum Gasteiger partial charge on any atom is -0.288 e. The van der Waals surface area contributed by atoms with Crippen LogP contribution in [0.25, 0.3) is 0 Å². The van der Waals surface area contributed by atoms with Gasteiger partial charge < -0.3 is 0 Å². The average molecular weight is 225 g/mol. The second-order valence-corrected chi connectivity index (χ2v) is 2.89. The third kappa shape index (κ3) is 2.08. The van der Waals surface area contributed by atoms with Gasteiger partial charge in [0.1, 0.15) is 5.15 Å². The fourth-order valence-electron chi connectivity index (χ4n) is 0.939. The van der Waals surface area contributed by atoms with Crippen LogP contribution < -0.4 is 5.32 Å². The van der Waals surface area contributed by atoms with E-state index in [1.54, 1.807) is 12.1 Å². The fourth-order valence-corrected chi connectivity index (χ4v) is 1.14. The molecule has 0 aliphatic carbocycles. The van der Waals surface area contributed by atoms with E-state index < -0.39 is 5.91 Å². The normalized spacial score (nSPS) is 9.93. The molecule has 7 nitrogen and oxygen atoms in total. The SMILES string of the molecule is O=C(Nc1nn[nH]n1)c1cccnc1Cl. The van der Waals surface area contributed by atoms with Crippen LogP contribution in [0.3, 0.4) is 0 Å². The maximum absolute atomic E-state index is 11.6. The van der Waals surface area contributed by atoms with Crippen molar-refractivity contribution >= 4 is 23.5 Å². The van der Waals surface area contributed by atoms with Gasteiger partial charge in [-0.15, -0.1) is 5.10 Å². The molecule has 76 valence electrons. The standard InChI is InChI=1S/C7H5ClN6O/c8-5-4(2-1-3-9-5)6(15)10-7-11-13-14-12-7/h1-3H,(H2,10,11,12,13,14,15). The molecule has 0 saturated heterocycles. The number of H-pyrrole nitrogens is 1. The summed E-state index contributed by atoms with van der Waals surface area (Å²) in [5.74, 6) is -0.352. The van der Waals surface area contributed by atoms with Crippen LogP contribution in [0, 0.1) is 0 Å². The van der Waals surface area contributed by atoms with Crippen LogP contribution in [0.4, 0.5) is 5.95 Å². The predicted octanol–water partition coefficient (Wildman–Crippen LogP) is 0.500. The number of nitrogens with one attached hydrogen (secondary N) is 2. The zero-order chi connectivity index (χ0) is 10.7. The number of rotatable bonds is 2. The molecule has 0 unspecified atom stereocenters. The minimum absolute atomic E-state index is 0.0833. The number of amides is 1. The number of nitrogens with zero attached hydrogens (tertiary/aromatic N) is 4. The van der Waals surface area contributed by atoms with Crippen molar-refractivity contribution in [2.24, 2.45) is 0 Å². The molecule has 0 fully saturated rings. The fraction of sp³-hybridized carbons (Fsp3) is 0. The van der Waals surface area contributed by atoms with Gasteiger partial charge in [-0.3, -0.25) is 10.1 Å². The molecule has 0 atom stereocenters. The van der Waals surface area contributed by atoms with Crippen molar-refractivity contribution in [3.05, 3.63) is 29.0 Å². The number of tetrazole rings is 1. The summed E-state index contributed by atoms with van der Waals surface area (Å²) in [6.07, 6.45) is 1.49. The Labute approximate surface area is 88.9 Å². The van der Waals surface area contributed by atoms with Crippen molar-refractivity contribution in [3.8, 4) is 0 Å². The van der Waals surface area contributed by atoms with Gasteiger partial charge in [0.2, 0.25) is 0 Å². The summed E-state index contributed by atoms with van der Waals surface area (Å²) in [5, 5.41) is 15.2. The van der Waals surface area contributed by atoms with Crippen LogP contribution in [-0.4, -0.2) is 31.5 Å². The first-order chi connectivity index (χ1) is 7.27. The molecule has 2 aromatic rings. The predicted molar refractivity (Wildman–Crippen MR) is 51.4 cm³/mol. The highest BCUT2D eigenvalue weighted by molar-refractivity contribution is 6.33. The van der Waals surface area contributed by atoms with Crippen molar-refractivity contribution < 1.29 is 4.79 Å². The Morgan fingerprint density at radius 2 is 2.40 bits per heavy atom. The lowest BCUT2D eigenvalue weighted by molar-refractivity contribution is 0.102. The number of aromatic amines is 1. The molecule has 15 heavy (non-hydrogen) atoms. The van der Waals surface area contributed by atoms with Crippen molar-refractivity contribution in [2.75, 3.05) is 5.32 Å². The first-order valence-corrected chi connectivity index (χ1v) is 4.30. The second kappa shape index (κ2) is 4.01. The molecule has 0 radical (unpaired) electrons. The van der Waals surface area contributed by atoms with E-state index in [9.17, 15) is 4.79 Å². The first-order valence-electron chi connectivity index (χ1n) is 3.92. The van der Waals surface area contributed by atoms with E-state index >= 15 is 0 Å². The monoisotopic (exact) mass is 224 g/mol. The molecule has 2 rings (SSSR count). The van der Waals surface area contributed by atoms with Gasteiger partial charge in [-0.05, 0) is 17.3 Å². The summed E-state index contributed by atoms with van der Waals surface area (Å²) in [6.45, 7) is 0. The highest BCUT2D eigenvalue weighted by atomic mass is 35.5. The molecular formula is C7H5ClN6O. The topological polar surface area (TPSA) is 96.5 Å². The molecule has 0 aromatic carbocycles. The van der Waals surface area contributed by atoms with Gasteiger partial charge in [0.05, 0.1) is 5.56 Å². The van der Waals surface area contributed by atoms with E-state index in [0.717, 1.165) is 0 Å². The summed E-state index contributed by atoms with van der Waals surface area (Å²) >= 11 is 5.72. The molecule has 0 bridgehead atoms. The van der Waals surface area contributed by atoms with Crippen molar-refractivity contribution in [1.29, 1.82) is 0 Å². The van der Waals surface area contributed by atoms with Crippen LogP contribution in [-0.2, 0) is 0 Å². The zero-order valence-corrected chi connectivity index (χ0v) is 8.06. The molecule has 0 aliphatic heterocycles. The molecule has 2 heterocycles. The van der Waals surface area contributed by atoms with Gasteiger partial charge in [-0.25, -0.2) is 4.98 Å². The summed E-state index contributed by atoms with van der Waals surface area (Å²) in [5.41, 5.74) is 0.254. The summed E-state index contributed by atoms with van der Waals surface area (Å²) in [4.78, 5) is 15.3. The number of pyridine rings is 1. The molecule has 0 saturated carbocycles.